The monoisotopic (exact) mass is 244 g/mol. The Bertz CT molecular complexity index is 364. The summed E-state index contributed by atoms with van der Waals surface area (Å²) in [5, 5.41) is 0. The molecule has 18 heavy (non-hydrogen) atoms. The molecule has 0 bridgehead atoms. The fourth-order valence-corrected chi connectivity index (χ4v) is 3.04. The Morgan fingerprint density at radius 3 is 2.44 bits per heavy atom. The van der Waals surface area contributed by atoms with E-state index in [1.165, 1.54) is 56.1 Å². The highest BCUT2D eigenvalue weighted by Crippen LogP contribution is 2.28. The summed E-state index contributed by atoms with van der Waals surface area (Å²) in [7, 11) is 0. The van der Waals surface area contributed by atoms with Crippen LogP contribution in [0.3, 0.4) is 0 Å². The lowest BCUT2D eigenvalue weighted by atomic mass is 9.83. The minimum atomic E-state index is 0.279. The fraction of sp³-hybridized carbons (Fsp3) is 0.667. The number of aryl methyl sites for hydroxylation is 1. The van der Waals surface area contributed by atoms with Crippen LogP contribution in [-0.4, -0.2) is 0 Å². The summed E-state index contributed by atoms with van der Waals surface area (Å²) in [5.41, 5.74) is 3.29. The predicted molar refractivity (Wildman–Crippen MR) is 80.0 cm³/mol. The largest absolute Gasteiger partial charge is 0.0617 e. The Morgan fingerprint density at radius 1 is 1.06 bits per heavy atom. The van der Waals surface area contributed by atoms with E-state index >= 15 is 0 Å². The molecule has 1 aliphatic rings. The van der Waals surface area contributed by atoms with Crippen LogP contribution in [0.25, 0.3) is 0 Å². The second kappa shape index (κ2) is 5.91. The van der Waals surface area contributed by atoms with Gasteiger partial charge in [0.15, 0.2) is 0 Å². The molecule has 1 aromatic carbocycles. The van der Waals surface area contributed by atoms with Crippen molar-refractivity contribution in [1.29, 1.82) is 0 Å². The lowest BCUT2D eigenvalue weighted by molar-refractivity contribution is 0.339. The van der Waals surface area contributed by atoms with Crippen molar-refractivity contribution >= 4 is 0 Å². The second-order valence-electron chi connectivity index (χ2n) is 6.99. The zero-order chi connectivity index (χ0) is 13.0. The maximum Gasteiger partial charge on any atom is -0.0132 e. The van der Waals surface area contributed by atoms with Crippen LogP contribution in [0.4, 0.5) is 0 Å². The fourth-order valence-electron chi connectivity index (χ4n) is 3.04. The number of hydrogen-bond donors (Lipinski definition) is 0. The topological polar surface area (TPSA) is 0 Å². The van der Waals surface area contributed by atoms with Gasteiger partial charge < -0.3 is 0 Å². The lowest BCUT2D eigenvalue weighted by Gasteiger charge is -2.22. The van der Waals surface area contributed by atoms with E-state index in [1.807, 2.05) is 0 Å². The summed E-state index contributed by atoms with van der Waals surface area (Å²) in [6.45, 7) is 6.90. The van der Waals surface area contributed by atoms with Crippen molar-refractivity contribution in [2.45, 2.75) is 71.1 Å². The van der Waals surface area contributed by atoms with E-state index in [0.717, 1.165) is 5.92 Å². The van der Waals surface area contributed by atoms with E-state index in [9.17, 15) is 0 Å². The van der Waals surface area contributed by atoms with E-state index in [2.05, 4.69) is 45.0 Å². The van der Waals surface area contributed by atoms with Crippen LogP contribution in [0.15, 0.2) is 24.3 Å². The first kappa shape index (κ1) is 13.6. The molecule has 0 saturated heterocycles. The van der Waals surface area contributed by atoms with E-state index in [0.29, 0.717) is 0 Å². The maximum absolute atomic E-state index is 2.42. The third-order valence-electron chi connectivity index (χ3n) is 4.36. The van der Waals surface area contributed by atoms with Crippen LogP contribution in [0.5, 0.6) is 0 Å². The minimum Gasteiger partial charge on any atom is -0.0617 e. The van der Waals surface area contributed by atoms with Gasteiger partial charge in [0, 0.05) is 0 Å². The molecular weight excluding hydrogens is 216 g/mol. The summed E-state index contributed by atoms with van der Waals surface area (Å²) in [6.07, 6.45) is 10.0. The van der Waals surface area contributed by atoms with Crippen molar-refractivity contribution < 1.29 is 0 Å². The van der Waals surface area contributed by atoms with Gasteiger partial charge in [0.25, 0.3) is 0 Å². The summed E-state index contributed by atoms with van der Waals surface area (Å²) < 4.78 is 0. The van der Waals surface area contributed by atoms with Crippen LogP contribution in [-0.2, 0) is 11.8 Å². The van der Waals surface area contributed by atoms with E-state index in [-0.39, 0.29) is 5.41 Å². The molecule has 1 aromatic rings. The molecule has 0 radical (unpaired) electrons. The molecule has 0 atom stereocenters. The zero-order valence-corrected chi connectivity index (χ0v) is 12.3. The standard InChI is InChI=1S/C18H28/c1-18(2,3)17-11-7-10-16(14-17)13-12-15-8-5-4-6-9-15/h7,10-11,14-15H,4-6,8-9,12-13H2,1-3H3. The van der Waals surface area contributed by atoms with Gasteiger partial charge in [0.1, 0.15) is 0 Å². The van der Waals surface area contributed by atoms with E-state index in [1.54, 1.807) is 0 Å². The summed E-state index contributed by atoms with van der Waals surface area (Å²) in [4.78, 5) is 0. The van der Waals surface area contributed by atoms with E-state index in [4.69, 9.17) is 0 Å². The van der Waals surface area contributed by atoms with Gasteiger partial charge in [0.05, 0.1) is 0 Å². The third kappa shape index (κ3) is 3.86. The van der Waals surface area contributed by atoms with Crippen molar-refractivity contribution in [2.24, 2.45) is 5.92 Å². The molecule has 2 rings (SSSR count). The Balaban J connectivity index is 1.92. The SMILES string of the molecule is CC(C)(C)c1cccc(CCC2CCCCC2)c1. The number of hydrogen-bond acceptors (Lipinski definition) is 0. The molecule has 0 aliphatic heterocycles. The molecular formula is C18H28. The lowest BCUT2D eigenvalue weighted by Crippen LogP contribution is -2.11. The second-order valence-corrected chi connectivity index (χ2v) is 6.99. The van der Waals surface area contributed by atoms with Crippen molar-refractivity contribution in [1.82, 2.24) is 0 Å². The molecule has 0 N–H and O–H groups in total. The molecule has 0 aromatic heterocycles. The Kier molecular flexibility index (Phi) is 4.48. The Hall–Kier alpha value is -0.780. The van der Waals surface area contributed by atoms with Crippen molar-refractivity contribution in [3.8, 4) is 0 Å². The Labute approximate surface area is 113 Å². The summed E-state index contributed by atoms with van der Waals surface area (Å²) in [5.74, 6) is 0.997. The number of benzene rings is 1. The van der Waals surface area contributed by atoms with Crippen molar-refractivity contribution in [3.05, 3.63) is 35.4 Å². The van der Waals surface area contributed by atoms with Gasteiger partial charge in [-0.15, -0.1) is 0 Å². The normalized spacial score (nSPS) is 17.9. The molecule has 100 valence electrons. The van der Waals surface area contributed by atoms with Gasteiger partial charge in [0.2, 0.25) is 0 Å². The minimum absolute atomic E-state index is 0.279. The molecule has 0 spiro atoms. The molecule has 0 unspecified atom stereocenters. The molecule has 0 heterocycles. The predicted octanol–water partition coefficient (Wildman–Crippen LogP) is 5.50. The quantitative estimate of drug-likeness (QED) is 0.659. The smallest absolute Gasteiger partial charge is 0.0132 e. The molecule has 1 fully saturated rings. The van der Waals surface area contributed by atoms with Gasteiger partial charge in [-0.05, 0) is 35.3 Å². The third-order valence-corrected chi connectivity index (χ3v) is 4.36. The van der Waals surface area contributed by atoms with Gasteiger partial charge in [-0.2, -0.15) is 0 Å². The molecule has 0 nitrogen and oxygen atoms in total. The molecule has 1 aliphatic carbocycles. The van der Waals surface area contributed by atoms with Gasteiger partial charge >= 0.3 is 0 Å². The average Bonchev–Trinajstić information content (AvgIpc) is 2.37. The molecule has 1 saturated carbocycles. The van der Waals surface area contributed by atoms with Crippen LogP contribution in [0.2, 0.25) is 0 Å². The highest BCUT2D eigenvalue weighted by Gasteiger charge is 2.15. The molecule has 0 amide bonds. The highest BCUT2D eigenvalue weighted by atomic mass is 14.2. The van der Waals surface area contributed by atoms with Crippen LogP contribution in [0.1, 0.15) is 70.4 Å². The average molecular weight is 244 g/mol. The summed E-state index contributed by atoms with van der Waals surface area (Å²) in [6, 6.07) is 9.22. The number of rotatable bonds is 3. The van der Waals surface area contributed by atoms with Crippen molar-refractivity contribution in [3.63, 3.8) is 0 Å². The van der Waals surface area contributed by atoms with Gasteiger partial charge in [-0.25, -0.2) is 0 Å². The first-order valence-electron chi connectivity index (χ1n) is 7.65. The van der Waals surface area contributed by atoms with Gasteiger partial charge in [-0.1, -0.05) is 77.1 Å². The van der Waals surface area contributed by atoms with Crippen molar-refractivity contribution in [2.75, 3.05) is 0 Å². The van der Waals surface area contributed by atoms with Crippen LogP contribution in [0, 0.1) is 5.92 Å². The zero-order valence-electron chi connectivity index (χ0n) is 12.3. The maximum atomic E-state index is 2.42. The highest BCUT2D eigenvalue weighted by molar-refractivity contribution is 5.28. The van der Waals surface area contributed by atoms with Crippen LogP contribution >= 0.6 is 0 Å². The first-order valence-corrected chi connectivity index (χ1v) is 7.65. The van der Waals surface area contributed by atoms with E-state index < -0.39 is 0 Å². The van der Waals surface area contributed by atoms with Gasteiger partial charge in [-0.3, -0.25) is 0 Å². The summed E-state index contributed by atoms with van der Waals surface area (Å²) >= 11 is 0. The Morgan fingerprint density at radius 2 is 1.78 bits per heavy atom. The molecule has 0 heteroatoms. The first-order chi connectivity index (χ1) is 8.55. The van der Waals surface area contributed by atoms with Crippen LogP contribution < -0.4 is 0 Å².